The topological polar surface area (TPSA) is 66.5 Å². The van der Waals surface area contributed by atoms with E-state index in [2.05, 4.69) is 5.32 Å². The third-order valence-electron chi connectivity index (χ3n) is 4.18. The first-order valence-corrected chi connectivity index (χ1v) is 9.37. The van der Waals surface area contributed by atoms with Crippen molar-refractivity contribution >= 4 is 21.4 Å². The fourth-order valence-electron chi connectivity index (χ4n) is 2.75. The Labute approximate surface area is 132 Å². The van der Waals surface area contributed by atoms with Crippen molar-refractivity contribution in [3.05, 3.63) is 29.3 Å². The van der Waals surface area contributed by atoms with Crippen LogP contribution in [-0.2, 0) is 14.6 Å². The summed E-state index contributed by atoms with van der Waals surface area (Å²) in [7, 11) is -0.995. The highest BCUT2D eigenvalue weighted by Crippen LogP contribution is 2.18. The molecule has 1 aromatic carbocycles. The van der Waals surface area contributed by atoms with Crippen LogP contribution >= 0.6 is 0 Å². The number of anilines is 1. The molecule has 1 saturated heterocycles. The van der Waals surface area contributed by atoms with Gasteiger partial charge in [-0.15, -0.1) is 0 Å². The zero-order valence-electron chi connectivity index (χ0n) is 13.4. The van der Waals surface area contributed by atoms with Gasteiger partial charge in [0.25, 0.3) is 0 Å². The van der Waals surface area contributed by atoms with Gasteiger partial charge in [0.05, 0.1) is 11.5 Å². The summed E-state index contributed by atoms with van der Waals surface area (Å²) in [6.45, 7) is 4.55. The molecule has 1 aliphatic heterocycles. The number of nitrogens with zero attached hydrogens (tertiary/aromatic N) is 1. The van der Waals surface area contributed by atoms with E-state index in [1.54, 1.807) is 0 Å². The maximum Gasteiger partial charge on any atom is 0.225 e. The van der Waals surface area contributed by atoms with Crippen LogP contribution in [0.1, 0.15) is 24.0 Å². The maximum absolute atomic E-state index is 12.0. The Hall–Kier alpha value is -1.40. The van der Waals surface area contributed by atoms with Gasteiger partial charge in [-0.3, -0.25) is 4.79 Å². The van der Waals surface area contributed by atoms with E-state index in [1.165, 1.54) is 0 Å². The fourth-order valence-corrected chi connectivity index (χ4v) is 4.56. The molecule has 0 aromatic heterocycles. The average Bonchev–Trinajstić information content (AvgIpc) is 2.80. The molecule has 5 nitrogen and oxygen atoms in total. The fraction of sp³-hybridized carbons (Fsp3) is 0.562. The van der Waals surface area contributed by atoms with Gasteiger partial charge in [-0.25, -0.2) is 8.42 Å². The highest BCUT2D eigenvalue weighted by Gasteiger charge is 2.30. The quantitative estimate of drug-likeness (QED) is 0.896. The summed E-state index contributed by atoms with van der Waals surface area (Å²) in [5.74, 6) is 0.429. The van der Waals surface area contributed by atoms with Gasteiger partial charge in [0.15, 0.2) is 9.84 Å². The second-order valence-electron chi connectivity index (χ2n) is 6.15. The Bertz CT molecular complexity index is 655. The van der Waals surface area contributed by atoms with E-state index < -0.39 is 9.84 Å². The van der Waals surface area contributed by atoms with Gasteiger partial charge in [0.2, 0.25) is 5.91 Å². The van der Waals surface area contributed by atoms with Crippen molar-refractivity contribution < 1.29 is 13.2 Å². The van der Waals surface area contributed by atoms with E-state index in [1.807, 2.05) is 44.0 Å². The number of hydrogen-bond donors (Lipinski definition) is 1. The van der Waals surface area contributed by atoms with Crippen molar-refractivity contribution in [1.82, 2.24) is 4.90 Å². The van der Waals surface area contributed by atoms with E-state index in [0.29, 0.717) is 19.4 Å². The van der Waals surface area contributed by atoms with Gasteiger partial charge in [0.1, 0.15) is 0 Å². The normalized spacial score (nSPS) is 20.3. The second kappa shape index (κ2) is 6.79. The predicted octanol–water partition coefficient (Wildman–Crippen LogP) is 1.75. The number of hydrogen-bond acceptors (Lipinski definition) is 4. The summed E-state index contributed by atoms with van der Waals surface area (Å²) in [4.78, 5) is 14.0. The molecule has 1 heterocycles. The average molecular weight is 324 g/mol. The number of nitrogens with one attached hydrogen (secondary N) is 1. The van der Waals surface area contributed by atoms with Gasteiger partial charge in [-0.05, 0) is 38.9 Å². The predicted molar refractivity (Wildman–Crippen MR) is 88.9 cm³/mol. The second-order valence-corrected chi connectivity index (χ2v) is 8.38. The van der Waals surface area contributed by atoms with Crippen LogP contribution in [0.15, 0.2) is 18.2 Å². The number of carbonyl (C=O) groups is 1. The molecule has 1 aliphatic rings. The van der Waals surface area contributed by atoms with Crippen molar-refractivity contribution in [2.24, 2.45) is 0 Å². The molecule has 0 aliphatic carbocycles. The summed E-state index contributed by atoms with van der Waals surface area (Å²) >= 11 is 0. The third kappa shape index (κ3) is 4.55. The van der Waals surface area contributed by atoms with Gasteiger partial charge in [0, 0.05) is 24.7 Å². The molecule has 1 N–H and O–H groups in total. The standard InChI is InChI=1S/C16H24N2O3S/c1-12-4-5-15(13(2)10-12)17-16(19)6-8-18(3)14-7-9-22(20,21)11-14/h4-5,10,14H,6-9,11H2,1-3H3,(H,17,19). The van der Waals surface area contributed by atoms with Crippen LogP contribution in [0, 0.1) is 13.8 Å². The first-order valence-electron chi connectivity index (χ1n) is 7.54. The van der Waals surface area contributed by atoms with E-state index in [9.17, 15) is 13.2 Å². The van der Waals surface area contributed by atoms with Gasteiger partial charge < -0.3 is 10.2 Å². The summed E-state index contributed by atoms with van der Waals surface area (Å²) in [5, 5.41) is 2.92. The number of aryl methyl sites for hydroxylation is 2. The summed E-state index contributed by atoms with van der Waals surface area (Å²) in [6.07, 6.45) is 1.03. The lowest BCUT2D eigenvalue weighted by molar-refractivity contribution is -0.116. The number of rotatable bonds is 5. The minimum Gasteiger partial charge on any atom is -0.326 e. The van der Waals surface area contributed by atoms with Gasteiger partial charge in [-0.2, -0.15) is 0 Å². The van der Waals surface area contributed by atoms with E-state index in [-0.39, 0.29) is 23.5 Å². The Morgan fingerprint density at radius 3 is 2.68 bits per heavy atom. The largest absolute Gasteiger partial charge is 0.326 e. The molecule has 6 heteroatoms. The highest BCUT2D eigenvalue weighted by molar-refractivity contribution is 7.91. The van der Waals surface area contributed by atoms with Crippen molar-refractivity contribution in [2.75, 3.05) is 30.4 Å². The number of benzene rings is 1. The van der Waals surface area contributed by atoms with Crippen LogP contribution in [0.5, 0.6) is 0 Å². The molecule has 0 bridgehead atoms. The molecule has 0 spiro atoms. The minimum absolute atomic E-state index is 0.0407. The first kappa shape index (κ1) is 17.0. The van der Waals surface area contributed by atoms with Crippen LogP contribution in [0.4, 0.5) is 5.69 Å². The lowest BCUT2D eigenvalue weighted by atomic mass is 10.1. The van der Waals surface area contributed by atoms with E-state index >= 15 is 0 Å². The molecule has 2 rings (SSSR count). The molecule has 1 atom stereocenters. The molecule has 22 heavy (non-hydrogen) atoms. The molecule has 0 radical (unpaired) electrons. The molecule has 1 fully saturated rings. The molecule has 122 valence electrons. The van der Waals surface area contributed by atoms with Gasteiger partial charge in [-0.1, -0.05) is 17.7 Å². The molecule has 1 amide bonds. The number of carbonyl (C=O) groups excluding carboxylic acids is 1. The Balaban J connectivity index is 1.82. The summed E-state index contributed by atoms with van der Waals surface area (Å²) < 4.78 is 23.0. The smallest absolute Gasteiger partial charge is 0.225 e. The maximum atomic E-state index is 12.0. The molecule has 1 unspecified atom stereocenters. The molecular weight excluding hydrogens is 300 g/mol. The van der Waals surface area contributed by atoms with Crippen LogP contribution in [0.2, 0.25) is 0 Å². The zero-order chi connectivity index (χ0) is 16.3. The van der Waals surface area contributed by atoms with Crippen molar-refractivity contribution in [1.29, 1.82) is 0 Å². The summed E-state index contributed by atoms with van der Waals surface area (Å²) in [6, 6.07) is 5.96. The Morgan fingerprint density at radius 2 is 2.09 bits per heavy atom. The van der Waals surface area contributed by atoms with E-state index in [4.69, 9.17) is 0 Å². The number of sulfone groups is 1. The van der Waals surface area contributed by atoms with Crippen LogP contribution in [0.25, 0.3) is 0 Å². The Morgan fingerprint density at radius 1 is 1.36 bits per heavy atom. The lowest BCUT2D eigenvalue weighted by Gasteiger charge is -2.22. The highest BCUT2D eigenvalue weighted by atomic mass is 32.2. The molecule has 0 saturated carbocycles. The van der Waals surface area contributed by atoms with Crippen molar-refractivity contribution in [3.63, 3.8) is 0 Å². The third-order valence-corrected chi connectivity index (χ3v) is 5.93. The monoisotopic (exact) mass is 324 g/mol. The van der Waals surface area contributed by atoms with Crippen molar-refractivity contribution in [2.45, 2.75) is 32.7 Å². The minimum atomic E-state index is -2.88. The van der Waals surface area contributed by atoms with Crippen molar-refractivity contribution in [3.8, 4) is 0 Å². The zero-order valence-corrected chi connectivity index (χ0v) is 14.2. The van der Waals surface area contributed by atoms with Crippen LogP contribution in [-0.4, -0.2) is 50.4 Å². The molecule has 1 aromatic rings. The molecular formula is C16H24N2O3S. The lowest BCUT2D eigenvalue weighted by Crippen LogP contribution is -2.35. The SMILES string of the molecule is Cc1ccc(NC(=O)CCN(C)C2CCS(=O)(=O)C2)c(C)c1. The van der Waals surface area contributed by atoms with Crippen LogP contribution < -0.4 is 5.32 Å². The van der Waals surface area contributed by atoms with Gasteiger partial charge >= 0.3 is 0 Å². The summed E-state index contributed by atoms with van der Waals surface area (Å²) in [5.41, 5.74) is 3.04. The van der Waals surface area contributed by atoms with E-state index in [0.717, 1.165) is 16.8 Å². The Kier molecular flexibility index (Phi) is 5.24. The van der Waals surface area contributed by atoms with Crippen LogP contribution in [0.3, 0.4) is 0 Å². The first-order chi connectivity index (χ1) is 10.3. The number of amides is 1.